The number of aromatic nitrogens is 1. The SMILES string of the molecule is CCN(C)c1nc(CN)cs1. The quantitative estimate of drug-likeness (QED) is 0.739. The third-order valence-corrected chi connectivity index (χ3v) is 2.55. The van der Waals surface area contributed by atoms with Crippen molar-refractivity contribution in [3.63, 3.8) is 0 Å². The van der Waals surface area contributed by atoms with Crippen LogP contribution in [0, 0.1) is 0 Å². The number of anilines is 1. The smallest absolute Gasteiger partial charge is 0.185 e. The monoisotopic (exact) mass is 171 g/mol. The van der Waals surface area contributed by atoms with Gasteiger partial charge >= 0.3 is 0 Å². The summed E-state index contributed by atoms with van der Waals surface area (Å²) < 4.78 is 0. The van der Waals surface area contributed by atoms with Gasteiger partial charge < -0.3 is 10.6 Å². The third-order valence-electron chi connectivity index (χ3n) is 1.55. The van der Waals surface area contributed by atoms with Crippen LogP contribution >= 0.6 is 11.3 Å². The highest BCUT2D eigenvalue weighted by molar-refractivity contribution is 7.13. The van der Waals surface area contributed by atoms with Gasteiger partial charge in [-0.25, -0.2) is 4.98 Å². The first kappa shape index (κ1) is 8.49. The summed E-state index contributed by atoms with van der Waals surface area (Å²) in [5.74, 6) is 0. The van der Waals surface area contributed by atoms with E-state index in [4.69, 9.17) is 5.73 Å². The lowest BCUT2D eigenvalue weighted by atomic mass is 10.5. The highest BCUT2D eigenvalue weighted by Crippen LogP contribution is 2.18. The van der Waals surface area contributed by atoms with Crippen LogP contribution in [0.2, 0.25) is 0 Å². The summed E-state index contributed by atoms with van der Waals surface area (Å²) in [7, 11) is 2.03. The molecule has 0 spiro atoms. The maximum absolute atomic E-state index is 5.43. The molecule has 0 bridgehead atoms. The Morgan fingerprint density at radius 1 is 1.73 bits per heavy atom. The van der Waals surface area contributed by atoms with Crippen molar-refractivity contribution in [2.75, 3.05) is 18.5 Å². The second-order valence-corrected chi connectivity index (χ2v) is 3.18. The van der Waals surface area contributed by atoms with E-state index in [0.29, 0.717) is 6.54 Å². The molecule has 0 saturated heterocycles. The van der Waals surface area contributed by atoms with Gasteiger partial charge in [0.25, 0.3) is 0 Å². The summed E-state index contributed by atoms with van der Waals surface area (Å²) in [5, 5.41) is 3.05. The molecule has 0 aliphatic carbocycles. The normalized spacial score (nSPS) is 10.1. The van der Waals surface area contributed by atoms with Gasteiger partial charge in [0.15, 0.2) is 5.13 Å². The zero-order valence-corrected chi connectivity index (χ0v) is 7.69. The summed E-state index contributed by atoms with van der Waals surface area (Å²) in [6.07, 6.45) is 0. The zero-order chi connectivity index (χ0) is 8.27. The molecule has 62 valence electrons. The molecule has 11 heavy (non-hydrogen) atoms. The van der Waals surface area contributed by atoms with Gasteiger partial charge in [0.05, 0.1) is 5.69 Å². The molecule has 4 heteroatoms. The van der Waals surface area contributed by atoms with Crippen molar-refractivity contribution < 1.29 is 0 Å². The number of hydrogen-bond donors (Lipinski definition) is 1. The minimum atomic E-state index is 0.536. The summed E-state index contributed by atoms with van der Waals surface area (Å²) in [6.45, 7) is 3.62. The van der Waals surface area contributed by atoms with Crippen LogP contribution < -0.4 is 10.6 Å². The average Bonchev–Trinajstić information content (AvgIpc) is 2.50. The second kappa shape index (κ2) is 3.69. The summed E-state index contributed by atoms with van der Waals surface area (Å²) in [4.78, 5) is 6.42. The van der Waals surface area contributed by atoms with Crippen LogP contribution in [0.4, 0.5) is 5.13 Å². The van der Waals surface area contributed by atoms with Crippen LogP contribution in [0.15, 0.2) is 5.38 Å². The van der Waals surface area contributed by atoms with E-state index in [2.05, 4.69) is 16.8 Å². The minimum Gasteiger partial charge on any atom is -0.351 e. The Hall–Kier alpha value is -0.610. The molecule has 0 amide bonds. The van der Waals surface area contributed by atoms with E-state index in [9.17, 15) is 0 Å². The van der Waals surface area contributed by atoms with E-state index in [1.807, 2.05) is 12.4 Å². The maximum Gasteiger partial charge on any atom is 0.185 e. The van der Waals surface area contributed by atoms with Crippen molar-refractivity contribution in [1.82, 2.24) is 4.98 Å². The molecule has 1 aromatic heterocycles. The van der Waals surface area contributed by atoms with Crippen molar-refractivity contribution in [1.29, 1.82) is 0 Å². The first-order chi connectivity index (χ1) is 5.27. The summed E-state index contributed by atoms with van der Waals surface area (Å²) in [5.41, 5.74) is 6.41. The summed E-state index contributed by atoms with van der Waals surface area (Å²) >= 11 is 1.64. The number of thiazole rings is 1. The molecule has 1 rings (SSSR count). The molecule has 1 heterocycles. The molecule has 0 radical (unpaired) electrons. The molecule has 0 atom stereocenters. The molecule has 0 aliphatic heterocycles. The Balaban J connectivity index is 2.71. The number of nitrogens with zero attached hydrogens (tertiary/aromatic N) is 2. The highest BCUT2D eigenvalue weighted by Gasteiger charge is 2.02. The fraction of sp³-hybridized carbons (Fsp3) is 0.571. The molecular formula is C7H13N3S. The van der Waals surface area contributed by atoms with Gasteiger partial charge in [0.2, 0.25) is 0 Å². The number of nitrogens with two attached hydrogens (primary N) is 1. The standard InChI is InChI=1S/C7H13N3S/c1-3-10(2)7-9-6(4-8)5-11-7/h5H,3-4,8H2,1-2H3. The predicted octanol–water partition coefficient (Wildman–Crippen LogP) is 1.06. The van der Waals surface area contributed by atoms with E-state index in [-0.39, 0.29) is 0 Å². The van der Waals surface area contributed by atoms with Gasteiger partial charge in [-0.1, -0.05) is 0 Å². The molecular weight excluding hydrogens is 158 g/mol. The Bertz CT molecular complexity index is 221. The third kappa shape index (κ3) is 1.91. The van der Waals surface area contributed by atoms with Crippen molar-refractivity contribution >= 4 is 16.5 Å². The molecule has 1 aromatic rings. The Morgan fingerprint density at radius 2 is 2.45 bits per heavy atom. The van der Waals surface area contributed by atoms with Gasteiger partial charge in [-0.3, -0.25) is 0 Å². The van der Waals surface area contributed by atoms with Crippen LogP contribution in [0.25, 0.3) is 0 Å². The van der Waals surface area contributed by atoms with Crippen molar-refractivity contribution in [3.8, 4) is 0 Å². The minimum absolute atomic E-state index is 0.536. The van der Waals surface area contributed by atoms with Crippen LogP contribution in [0.1, 0.15) is 12.6 Å². The van der Waals surface area contributed by atoms with Gasteiger partial charge in [0.1, 0.15) is 0 Å². The maximum atomic E-state index is 5.43. The largest absolute Gasteiger partial charge is 0.351 e. The van der Waals surface area contributed by atoms with Crippen molar-refractivity contribution in [2.45, 2.75) is 13.5 Å². The lowest BCUT2D eigenvalue weighted by Crippen LogP contribution is -2.15. The average molecular weight is 171 g/mol. The summed E-state index contributed by atoms with van der Waals surface area (Å²) in [6, 6.07) is 0. The fourth-order valence-corrected chi connectivity index (χ4v) is 1.57. The second-order valence-electron chi connectivity index (χ2n) is 2.34. The van der Waals surface area contributed by atoms with Crippen LogP contribution in [0.5, 0.6) is 0 Å². The Kier molecular flexibility index (Phi) is 2.84. The number of rotatable bonds is 3. The van der Waals surface area contributed by atoms with Gasteiger partial charge in [-0.15, -0.1) is 11.3 Å². The molecule has 0 fully saturated rings. The van der Waals surface area contributed by atoms with Gasteiger partial charge in [-0.2, -0.15) is 0 Å². The van der Waals surface area contributed by atoms with Gasteiger partial charge in [0, 0.05) is 25.5 Å². The van der Waals surface area contributed by atoms with E-state index in [1.54, 1.807) is 11.3 Å². The highest BCUT2D eigenvalue weighted by atomic mass is 32.1. The Labute approximate surface area is 70.9 Å². The predicted molar refractivity (Wildman–Crippen MR) is 48.9 cm³/mol. The van der Waals surface area contributed by atoms with Crippen molar-refractivity contribution in [2.24, 2.45) is 5.73 Å². The molecule has 0 aromatic carbocycles. The van der Waals surface area contributed by atoms with E-state index in [0.717, 1.165) is 17.4 Å². The molecule has 0 saturated carbocycles. The topological polar surface area (TPSA) is 42.2 Å². The Morgan fingerprint density at radius 3 is 2.91 bits per heavy atom. The molecule has 2 N–H and O–H groups in total. The van der Waals surface area contributed by atoms with Crippen LogP contribution in [-0.2, 0) is 6.54 Å². The fourth-order valence-electron chi connectivity index (χ4n) is 0.701. The zero-order valence-electron chi connectivity index (χ0n) is 6.87. The van der Waals surface area contributed by atoms with Gasteiger partial charge in [-0.05, 0) is 6.92 Å². The van der Waals surface area contributed by atoms with E-state index in [1.165, 1.54) is 0 Å². The van der Waals surface area contributed by atoms with Crippen molar-refractivity contribution in [3.05, 3.63) is 11.1 Å². The lowest BCUT2D eigenvalue weighted by molar-refractivity contribution is 0.934. The molecule has 0 aliphatic rings. The molecule has 0 unspecified atom stereocenters. The number of hydrogen-bond acceptors (Lipinski definition) is 4. The molecule has 3 nitrogen and oxygen atoms in total. The van der Waals surface area contributed by atoms with Crippen LogP contribution in [0.3, 0.4) is 0 Å². The first-order valence-corrected chi connectivity index (χ1v) is 4.51. The van der Waals surface area contributed by atoms with Crippen LogP contribution in [-0.4, -0.2) is 18.6 Å². The lowest BCUT2D eigenvalue weighted by Gasteiger charge is -2.10. The first-order valence-electron chi connectivity index (χ1n) is 3.63. The van der Waals surface area contributed by atoms with E-state index < -0.39 is 0 Å². The van der Waals surface area contributed by atoms with E-state index >= 15 is 0 Å².